The summed E-state index contributed by atoms with van der Waals surface area (Å²) < 4.78 is 67.0. The number of carbonyl (C=O) groups is 2. The molecule has 0 aromatic heterocycles. The summed E-state index contributed by atoms with van der Waals surface area (Å²) in [6.45, 7) is 2.38. The van der Waals surface area contributed by atoms with Gasteiger partial charge in [0.25, 0.3) is 0 Å². The summed E-state index contributed by atoms with van der Waals surface area (Å²) in [4.78, 5) is 25.3. The molecule has 1 atom stereocenters. The monoisotopic (exact) mass is 543 g/mol. The smallest absolute Gasteiger partial charge is 0.415 e. The first-order valence-electron chi connectivity index (χ1n) is 12.4. The van der Waals surface area contributed by atoms with Gasteiger partial charge in [0.1, 0.15) is 12.4 Å². The van der Waals surface area contributed by atoms with Crippen molar-refractivity contribution in [3.8, 4) is 11.5 Å². The average molecular weight is 544 g/mol. The van der Waals surface area contributed by atoms with Crippen LogP contribution in [0.1, 0.15) is 44.6 Å². The first-order valence-corrected chi connectivity index (χ1v) is 12.4. The molecule has 2 aromatic rings. The highest BCUT2D eigenvalue weighted by molar-refractivity contribution is 5.72. The molecule has 0 heterocycles. The number of carboxylic acid groups (broad SMARTS) is 1. The Kier molecular flexibility index (Phi) is 12.8. The van der Waals surface area contributed by atoms with Gasteiger partial charge in [-0.2, -0.15) is 13.2 Å². The van der Waals surface area contributed by atoms with E-state index < -0.39 is 36.6 Å². The lowest BCUT2D eigenvalue weighted by Gasteiger charge is -2.22. The number of hydrogen-bond donors (Lipinski definition) is 1. The second-order valence-corrected chi connectivity index (χ2v) is 8.54. The van der Waals surface area contributed by atoms with Crippen molar-refractivity contribution in [3.63, 3.8) is 0 Å². The van der Waals surface area contributed by atoms with Gasteiger partial charge in [-0.1, -0.05) is 37.1 Å². The fourth-order valence-corrected chi connectivity index (χ4v) is 3.59. The third kappa shape index (κ3) is 11.8. The Hall–Kier alpha value is -3.34. The molecule has 11 heteroatoms. The summed E-state index contributed by atoms with van der Waals surface area (Å²) in [6.07, 6.45) is -5.26. The van der Waals surface area contributed by atoms with E-state index in [1.165, 1.54) is 23.1 Å². The highest BCUT2D eigenvalue weighted by atomic mass is 19.4. The molecule has 7 nitrogen and oxygen atoms in total. The van der Waals surface area contributed by atoms with Gasteiger partial charge in [-0.3, -0.25) is 0 Å². The SMILES string of the molecule is CCOC(Cc1ccc(OCCN(CCCCCCC(F)(F)F)C(=O)Oc2ccccc2F)cc1)C(=O)O. The number of alkyl halides is 3. The number of carbonyl (C=O) groups excluding carboxylic acids is 1. The summed E-state index contributed by atoms with van der Waals surface area (Å²) in [6, 6.07) is 12.2. The van der Waals surface area contributed by atoms with Crippen LogP contribution in [0.25, 0.3) is 0 Å². The number of benzene rings is 2. The zero-order valence-corrected chi connectivity index (χ0v) is 21.2. The number of nitrogens with zero attached hydrogens (tertiary/aromatic N) is 1. The average Bonchev–Trinajstić information content (AvgIpc) is 2.86. The number of carboxylic acids is 1. The van der Waals surface area contributed by atoms with E-state index in [0.29, 0.717) is 25.0 Å². The summed E-state index contributed by atoms with van der Waals surface area (Å²) in [5, 5.41) is 9.22. The minimum absolute atomic E-state index is 0.0139. The first kappa shape index (κ1) is 30.9. The van der Waals surface area contributed by atoms with Gasteiger partial charge in [-0.05, 0) is 49.6 Å². The molecule has 0 saturated carbocycles. The van der Waals surface area contributed by atoms with Crippen LogP contribution in [0.2, 0.25) is 0 Å². The van der Waals surface area contributed by atoms with Gasteiger partial charge in [0.2, 0.25) is 0 Å². The van der Waals surface area contributed by atoms with Crippen molar-refractivity contribution >= 4 is 12.1 Å². The van der Waals surface area contributed by atoms with Gasteiger partial charge in [0, 0.05) is 26.0 Å². The van der Waals surface area contributed by atoms with E-state index in [2.05, 4.69) is 0 Å². The van der Waals surface area contributed by atoms with Crippen LogP contribution < -0.4 is 9.47 Å². The minimum atomic E-state index is -4.19. The molecule has 1 unspecified atom stereocenters. The number of aliphatic carboxylic acids is 1. The first-order chi connectivity index (χ1) is 18.1. The van der Waals surface area contributed by atoms with E-state index in [9.17, 15) is 32.3 Å². The predicted octanol–water partition coefficient (Wildman–Crippen LogP) is 6.25. The second kappa shape index (κ2) is 15.8. The molecule has 0 aliphatic rings. The quantitative estimate of drug-likeness (QED) is 0.199. The molecule has 0 saturated heterocycles. The largest absolute Gasteiger partial charge is 0.492 e. The van der Waals surface area contributed by atoms with Crippen molar-refractivity contribution in [2.75, 3.05) is 26.3 Å². The molecule has 0 aliphatic carbocycles. The van der Waals surface area contributed by atoms with Gasteiger partial charge in [0.05, 0.1) is 6.54 Å². The molecule has 1 amide bonds. The molecule has 0 spiro atoms. The highest BCUT2D eigenvalue weighted by Crippen LogP contribution is 2.23. The highest BCUT2D eigenvalue weighted by Gasteiger charge is 2.26. The molecule has 0 aliphatic heterocycles. The number of amides is 1. The number of rotatable bonds is 16. The van der Waals surface area contributed by atoms with Crippen LogP contribution in [0.4, 0.5) is 22.4 Å². The van der Waals surface area contributed by atoms with Crippen molar-refractivity contribution in [3.05, 3.63) is 59.9 Å². The van der Waals surface area contributed by atoms with Crippen LogP contribution in [-0.4, -0.2) is 60.7 Å². The van der Waals surface area contributed by atoms with E-state index in [0.717, 1.165) is 11.6 Å². The van der Waals surface area contributed by atoms with Crippen molar-refractivity contribution in [1.82, 2.24) is 4.90 Å². The Balaban J connectivity index is 1.90. The Morgan fingerprint density at radius 3 is 2.29 bits per heavy atom. The van der Waals surface area contributed by atoms with Gasteiger partial charge in [-0.25, -0.2) is 14.0 Å². The van der Waals surface area contributed by atoms with Crippen LogP contribution in [0.3, 0.4) is 0 Å². The lowest BCUT2D eigenvalue weighted by Crippen LogP contribution is -2.37. The van der Waals surface area contributed by atoms with Crippen LogP contribution in [0, 0.1) is 5.82 Å². The molecule has 2 aromatic carbocycles. The number of hydrogen-bond acceptors (Lipinski definition) is 5. The number of unbranched alkanes of at least 4 members (excludes halogenated alkanes) is 3. The van der Waals surface area contributed by atoms with E-state index in [4.69, 9.17) is 14.2 Å². The summed E-state index contributed by atoms with van der Waals surface area (Å²) in [5.41, 5.74) is 0.749. The standard InChI is InChI=1S/C27H33F4NO6/c1-2-36-24(25(33)34)19-20-11-13-21(14-12-20)37-18-17-32(16-8-4-3-7-15-27(29,30)31)26(35)38-23-10-6-5-9-22(23)28/h5-6,9-14,24H,2-4,7-8,15-19H2,1H3,(H,33,34). The Bertz CT molecular complexity index is 1000. The van der Waals surface area contributed by atoms with Crippen LogP contribution in [-0.2, 0) is 16.0 Å². The predicted molar refractivity (Wildman–Crippen MR) is 132 cm³/mol. The summed E-state index contributed by atoms with van der Waals surface area (Å²) in [7, 11) is 0. The van der Waals surface area contributed by atoms with Gasteiger partial charge >= 0.3 is 18.2 Å². The number of halogens is 4. The Labute approximate surface area is 219 Å². The third-order valence-electron chi connectivity index (χ3n) is 5.55. The number of para-hydroxylation sites is 1. The lowest BCUT2D eigenvalue weighted by molar-refractivity contribution is -0.150. The zero-order chi connectivity index (χ0) is 28.0. The topological polar surface area (TPSA) is 85.3 Å². The van der Waals surface area contributed by atoms with E-state index in [-0.39, 0.29) is 44.9 Å². The zero-order valence-electron chi connectivity index (χ0n) is 21.2. The molecular formula is C27H33F4NO6. The summed E-state index contributed by atoms with van der Waals surface area (Å²) >= 11 is 0. The Morgan fingerprint density at radius 2 is 1.66 bits per heavy atom. The van der Waals surface area contributed by atoms with Gasteiger partial charge in [-0.15, -0.1) is 0 Å². The van der Waals surface area contributed by atoms with Gasteiger partial charge < -0.3 is 24.2 Å². The van der Waals surface area contributed by atoms with Gasteiger partial charge in [0.15, 0.2) is 17.7 Å². The maximum Gasteiger partial charge on any atom is 0.415 e. The molecule has 2 rings (SSSR count). The van der Waals surface area contributed by atoms with Crippen molar-refractivity contribution < 1.29 is 46.5 Å². The van der Waals surface area contributed by atoms with Crippen LogP contribution in [0.5, 0.6) is 11.5 Å². The van der Waals surface area contributed by atoms with Crippen molar-refractivity contribution in [2.45, 2.75) is 57.7 Å². The van der Waals surface area contributed by atoms with E-state index in [1.807, 2.05) is 0 Å². The molecular weight excluding hydrogens is 510 g/mol. The summed E-state index contributed by atoms with van der Waals surface area (Å²) in [5.74, 6) is -1.48. The number of ether oxygens (including phenoxy) is 3. The normalized spacial score (nSPS) is 12.1. The molecule has 210 valence electrons. The van der Waals surface area contributed by atoms with E-state index in [1.54, 1.807) is 31.2 Å². The van der Waals surface area contributed by atoms with Crippen molar-refractivity contribution in [1.29, 1.82) is 0 Å². The third-order valence-corrected chi connectivity index (χ3v) is 5.55. The Morgan fingerprint density at radius 1 is 0.974 bits per heavy atom. The van der Waals surface area contributed by atoms with Crippen molar-refractivity contribution in [2.24, 2.45) is 0 Å². The van der Waals surface area contributed by atoms with E-state index >= 15 is 0 Å². The fraction of sp³-hybridized carbons (Fsp3) is 0.481. The minimum Gasteiger partial charge on any atom is -0.492 e. The maximum atomic E-state index is 13.9. The molecule has 0 radical (unpaired) electrons. The second-order valence-electron chi connectivity index (χ2n) is 8.54. The molecule has 38 heavy (non-hydrogen) atoms. The maximum absolute atomic E-state index is 13.9. The van der Waals surface area contributed by atoms with Crippen LogP contribution in [0.15, 0.2) is 48.5 Å². The molecule has 1 N–H and O–H groups in total. The molecule has 0 bridgehead atoms. The fourth-order valence-electron chi connectivity index (χ4n) is 3.59. The van der Waals surface area contributed by atoms with Crippen LogP contribution >= 0.6 is 0 Å². The molecule has 0 fully saturated rings. The lowest BCUT2D eigenvalue weighted by atomic mass is 10.1.